The van der Waals surface area contributed by atoms with Crippen molar-refractivity contribution >= 4 is 5.91 Å². The maximum atomic E-state index is 12.5. The molecule has 5 aliphatic carbocycles. The van der Waals surface area contributed by atoms with Gasteiger partial charge in [-0.3, -0.25) is 4.79 Å². The maximum Gasteiger partial charge on any atom is 0.241 e. The quantitative estimate of drug-likeness (QED) is 0.715. The van der Waals surface area contributed by atoms with Gasteiger partial charge >= 0.3 is 0 Å². The normalized spacial score (nSPS) is 44.1. The number of hydrogen-bond donors (Lipinski definition) is 2. The number of benzene rings is 1. The fourth-order valence-electron chi connectivity index (χ4n) is 7.28. The lowest BCUT2D eigenvalue weighted by atomic mass is 9.53. The lowest BCUT2D eigenvalue weighted by Crippen LogP contribution is -2.59. The summed E-state index contributed by atoms with van der Waals surface area (Å²) in [5.41, 5.74) is 6.96. The van der Waals surface area contributed by atoms with Crippen molar-refractivity contribution in [3.63, 3.8) is 0 Å². The Kier molecular flexibility index (Phi) is 4.91. The first-order valence-corrected chi connectivity index (χ1v) is 12.2. The van der Waals surface area contributed by atoms with E-state index in [4.69, 9.17) is 20.2 Å². The zero-order valence-electron chi connectivity index (χ0n) is 18.1. The van der Waals surface area contributed by atoms with Crippen LogP contribution in [-0.2, 0) is 19.3 Å². The molecule has 1 aromatic carbocycles. The molecule has 6 fully saturated rings. The van der Waals surface area contributed by atoms with Crippen molar-refractivity contribution in [2.45, 2.75) is 75.4 Å². The maximum absolute atomic E-state index is 12.5. The van der Waals surface area contributed by atoms with Gasteiger partial charge in [-0.05, 0) is 68.3 Å². The average Bonchev–Trinajstić information content (AvgIpc) is 3.16. The number of amides is 1. The third-order valence-electron chi connectivity index (χ3n) is 8.82. The fourth-order valence-corrected chi connectivity index (χ4v) is 7.28. The van der Waals surface area contributed by atoms with Gasteiger partial charge in [0.25, 0.3) is 0 Å². The lowest BCUT2D eigenvalue weighted by Gasteiger charge is -2.57. The van der Waals surface area contributed by atoms with Crippen molar-refractivity contribution in [2.75, 3.05) is 6.54 Å². The summed E-state index contributed by atoms with van der Waals surface area (Å²) in [4.78, 5) is 24.6. The van der Waals surface area contributed by atoms with Gasteiger partial charge < -0.3 is 15.8 Å². The lowest BCUT2D eigenvalue weighted by molar-refractivity contribution is -0.390. The Balaban J connectivity index is 1.03. The summed E-state index contributed by atoms with van der Waals surface area (Å²) in [5, 5.41) is 3.05. The molecule has 31 heavy (non-hydrogen) atoms. The van der Waals surface area contributed by atoms with Crippen LogP contribution in [0.15, 0.2) is 30.3 Å². The van der Waals surface area contributed by atoms with Crippen LogP contribution < -0.4 is 11.1 Å². The van der Waals surface area contributed by atoms with E-state index in [9.17, 15) is 4.79 Å². The summed E-state index contributed by atoms with van der Waals surface area (Å²) in [5.74, 6) is 1.97. The van der Waals surface area contributed by atoms with Crippen LogP contribution in [0.1, 0.15) is 69.4 Å². The highest BCUT2D eigenvalue weighted by molar-refractivity contribution is 5.82. The second-order valence-corrected chi connectivity index (χ2v) is 10.8. The molecule has 1 amide bonds. The molecule has 0 unspecified atom stereocenters. The number of rotatable bonds is 4. The molecule has 3 N–H and O–H groups in total. The first-order chi connectivity index (χ1) is 15.1. The summed E-state index contributed by atoms with van der Waals surface area (Å²) in [6.45, 7) is 0.649. The number of hydrogen-bond acceptors (Lipinski definition) is 5. The van der Waals surface area contributed by atoms with E-state index in [0.29, 0.717) is 24.3 Å². The van der Waals surface area contributed by atoms with Crippen molar-refractivity contribution in [1.82, 2.24) is 5.32 Å². The highest BCUT2D eigenvalue weighted by atomic mass is 17.3. The van der Waals surface area contributed by atoms with E-state index < -0.39 is 17.6 Å². The van der Waals surface area contributed by atoms with Crippen LogP contribution in [0.2, 0.25) is 0 Å². The van der Waals surface area contributed by atoms with Gasteiger partial charge in [0.05, 0.1) is 0 Å². The Morgan fingerprint density at radius 3 is 2.29 bits per heavy atom. The molecular weight excluding hydrogens is 392 g/mol. The summed E-state index contributed by atoms with van der Waals surface area (Å²) < 4.78 is 6.77. The van der Waals surface area contributed by atoms with Crippen LogP contribution in [0.3, 0.4) is 0 Å². The van der Waals surface area contributed by atoms with Crippen molar-refractivity contribution in [1.29, 1.82) is 0 Å². The monoisotopic (exact) mass is 426 g/mol. The molecule has 6 nitrogen and oxygen atoms in total. The Hall–Kier alpha value is -1.47. The summed E-state index contributed by atoms with van der Waals surface area (Å²) in [7, 11) is 0. The molecule has 6 heteroatoms. The second kappa shape index (κ2) is 7.55. The number of carbonyl (C=O) groups excluding carboxylic acids is 1. The van der Waals surface area contributed by atoms with Gasteiger partial charge in [-0.1, -0.05) is 30.3 Å². The number of carbonyl (C=O) groups is 1. The zero-order valence-corrected chi connectivity index (χ0v) is 18.1. The summed E-state index contributed by atoms with van der Waals surface area (Å²) >= 11 is 0. The van der Waals surface area contributed by atoms with Gasteiger partial charge in [0.1, 0.15) is 6.04 Å². The molecule has 1 atom stereocenters. The molecule has 0 aromatic heterocycles. The van der Waals surface area contributed by atoms with Crippen LogP contribution >= 0.6 is 0 Å². The predicted octanol–water partition coefficient (Wildman–Crippen LogP) is 3.82. The first-order valence-electron chi connectivity index (χ1n) is 12.2. The zero-order chi connectivity index (χ0) is 21.1. The van der Waals surface area contributed by atoms with Crippen LogP contribution in [0.5, 0.6) is 0 Å². The van der Waals surface area contributed by atoms with E-state index in [2.05, 4.69) is 5.32 Å². The molecule has 0 radical (unpaired) electrons. The van der Waals surface area contributed by atoms with E-state index in [1.54, 1.807) is 0 Å². The van der Waals surface area contributed by atoms with Crippen LogP contribution in [0.25, 0.3) is 0 Å². The van der Waals surface area contributed by atoms with Crippen molar-refractivity contribution < 1.29 is 19.3 Å². The molecule has 1 aliphatic heterocycles. The predicted molar refractivity (Wildman–Crippen MR) is 114 cm³/mol. The third-order valence-corrected chi connectivity index (χ3v) is 8.82. The van der Waals surface area contributed by atoms with Crippen molar-refractivity contribution in [3.8, 4) is 0 Å². The van der Waals surface area contributed by atoms with E-state index in [1.165, 1.54) is 32.1 Å². The van der Waals surface area contributed by atoms with Crippen LogP contribution in [-0.4, -0.2) is 24.0 Å². The summed E-state index contributed by atoms with van der Waals surface area (Å²) in [6, 6.07) is 8.90. The second-order valence-electron chi connectivity index (χ2n) is 10.8. The fraction of sp³-hybridized carbons (Fsp3) is 0.720. The SMILES string of the molecule is N[C@@H](C(=O)NC[C@H]1CC[C@]2(CC1)OO[C@]1(O2)C2CC3CC(C2)CC1C3)c1ccccc1. The van der Waals surface area contributed by atoms with Gasteiger partial charge in [-0.2, -0.15) is 9.78 Å². The minimum Gasteiger partial charge on any atom is -0.354 e. The van der Waals surface area contributed by atoms with E-state index in [1.807, 2.05) is 30.3 Å². The standard InChI is InChI=1S/C25H34N2O4/c26-22(19-4-2-1-3-5-19)23(28)27-15-16-6-8-24(9-7-16)29-25(31-30-24)20-11-17-10-18(13-20)14-21(25)12-17/h1-5,16-18,20-22H,6-15,26H2,(H,27,28)/t16-,17?,18?,20?,21?,22-,24+,25-/m1/s1. The third kappa shape index (κ3) is 3.43. The Labute approximate surface area is 184 Å². The topological polar surface area (TPSA) is 82.8 Å². The van der Waals surface area contributed by atoms with E-state index >= 15 is 0 Å². The minimum atomic E-state index is -0.622. The van der Waals surface area contributed by atoms with Crippen LogP contribution in [0.4, 0.5) is 0 Å². The molecule has 5 saturated carbocycles. The smallest absolute Gasteiger partial charge is 0.241 e. The highest BCUT2D eigenvalue weighted by Crippen LogP contribution is 2.63. The molecular formula is C25H34N2O4. The summed E-state index contributed by atoms with van der Waals surface area (Å²) in [6.07, 6.45) is 9.94. The van der Waals surface area contributed by atoms with Crippen molar-refractivity contribution in [3.05, 3.63) is 35.9 Å². The molecule has 1 heterocycles. The van der Waals surface area contributed by atoms with Crippen molar-refractivity contribution in [2.24, 2.45) is 35.3 Å². The molecule has 7 rings (SSSR count). The Bertz CT molecular complexity index is 792. The number of nitrogens with two attached hydrogens (primary N) is 1. The minimum absolute atomic E-state index is 0.115. The number of nitrogens with one attached hydrogen (secondary N) is 1. The Morgan fingerprint density at radius 1 is 1.00 bits per heavy atom. The molecule has 1 aromatic rings. The van der Waals surface area contributed by atoms with E-state index in [-0.39, 0.29) is 5.91 Å². The van der Waals surface area contributed by atoms with Gasteiger partial charge in [0.2, 0.25) is 17.5 Å². The molecule has 168 valence electrons. The van der Waals surface area contributed by atoms with Gasteiger partial charge in [0, 0.05) is 31.2 Å². The van der Waals surface area contributed by atoms with Gasteiger partial charge in [-0.25, -0.2) is 0 Å². The molecule has 2 spiro atoms. The number of ether oxygens (including phenoxy) is 1. The highest BCUT2D eigenvalue weighted by Gasteiger charge is 2.66. The van der Waals surface area contributed by atoms with Gasteiger partial charge in [0.15, 0.2) is 0 Å². The van der Waals surface area contributed by atoms with Crippen LogP contribution in [0, 0.1) is 29.6 Å². The molecule has 6 aliphatic rings. The molecule has 4 bridgehead atoms. The molecule has 1 saturated heterocycles. The average molecular weight is 427 g/mol. The Morgan fingerprint density at radius 2 is 1.65 bits per heavy atom. The first kappa shape index (κ1) is 20.2. The van der Waals surface area contributed by atoms with Gasteiger partial charge in [-0.15, -0.1) is 0 Å². The largest absolute Gasteiger partial charge is 0.354 e. The van der Waals surface area contributed by atoms with E-state index in [0.717, 1.165) is 43.1 Å².